The van der Waals surface area contributed by atoms with Gasteiger partial charge in [0, 0.05) is 22.0 Å². The van der Waals surface area contributed by atoms with Crippen LogP contribution in [0.15, 0.2) is 29.4 Å². The minimum absolute atomic E-state index is 0.0209. The summed E-state index contributed by atoms with van der Waals surface area (Å²) in [6.07, 6.45) is 0. The van der Waals surface area contributed by atoms with E-state index in [1.807, 2.05) is 27.7 Å². The second-order valence-electron chi connectivity index (χ2n) is 5.65. The average molecular weight is 361 g/mol. The highest BCUT2D eigenvalue weighted by Gasteiger charge is 2.20. The van der Waals surface area contributed by atoms with Crippen molar-refractivity contribution < 1.29 is 4.79 Å². The van der Waals surface area contributed by atoms with Crippen molar-refractivity contribution in [3.63, 3.8) is 0 Å². The number of nitrogens with zero attached hydrogens (tertiary/aromatic N) is 4. The number of aryl methyl sites for hydroxylation is 2. The predicted molar refractivity (Wildman–Crippen MR) is 96.1 cm³/mol. The molecule has 7 heteroatoms. The van der Waals surface area contributed by atoms with Crippen LogP contribution >= 0.6 is 23.4 Å². The van der Waals surface area contributed by atoms with E-state index in [1.54, 1.807) is 28.8 Å². The molecule has 0 aliphatic carbocycles. The number of fused-ring (bicyclic) bond motifs is 1. The van der Waals surface area contributed by atoms with Crippen molar-refractivity contribution in [2.75, 3.05) is 0 Å². The Morgan fingerprint density at radius 2 is 1.83 bits per heavy atom. The Labute approximate surface area is 149 Å². The number of halogens is 1. The van der Waals surface area contributed by atoms with Crippen LogP contribution in [0.4, 0.5) is 0 Å². The Hall–Kier alpha value is -1.92. The number of aromatic nitrogens is 4. The number of carbonyl (C=O) groups is 1. The number of thioether (sulfide) groups is 1. The molecular weight excluding hydrogens is 344 g/mol. The van der Waals surface area contributed by atoms with Crippen LogP contribution in [0.25, 0.3) is 5.78 Å². The second-order valence-corrected chi connectivity index (χ2v) is 7.39. The zero-order valence-corrected chi connectivity index (χ0v) is 15.4. The summed E-state index contributed by atoms with van der Waals surface area (Å²) in [5.74, 6) is 0.580. The molecule has 1 atom stereocenters. The highest BCUT2D eigenvalue weighted by atomic mass is 35.5. The van der Waals surface area contributed by atoms with Gasteiger partial charge < -0.3 is 0 Å². The third kappa shape index (κ3) is 3.16. The summed E-state index contributed by atoms with van der Waals surface area (Å²) in [6, 6.07) is 6.90. The van der Waals surface area contributed by atoms with Crippen molar-refractivity contribution in [2.45, 2.75) is 38.1 Å². The molecule has 0 aliphatic heterocycles. The van der Waals surface area contributed by atoms with Gasteiger partial charge in [-0.2, -0.15) is 4.98 Å². The van der Waals surface area contributed by atoms with Crippen molar-refractivity contribution in [3.8, 4) is 0 Å². The number of hydrogen-bond donors (Lipinski definition) is 0. The van der Waals surface area contributed by atoms with Gasteiger partial charge >= 0.3 is 0 Å². The lowest BCUT2D eigenvalue weighted by Gasteiger charge is -2.07. The molecule has 5 nitrogen and oxygen atoms in total. The molecule has 0 N–H and O–H groups in total. The maximum atomic E-state index is 12.5. The topological polar surface area (TPSA) is 60.2 Å². The number of Topliss-reactive ketones (excluding diaryl/α,β-unsaturated/α-hetero) is 1. The van der Waals surface area contributed by atoms with Gasteiger partial charge in [-0.05, 0) is 57.5 Å². The van der Waals surface area contributed by atoms with Crippen molar-refractivity contribution in [1.82, 2.24) is 19.6 Å². The Bertz CT molecular complexity index is 920. The second kappa shape index (κ2) is 6.53. The van der Waals surface area contributed by atoms with Gasteiger partial charge in [-0.25, -0.2) is 9.50 Å². The fourth-order valence-electron chi connectivity index (χ4n) is 2.35. The standard InChI is InChI=1S/C17H17ClN4OS/c1-9-10(2)19-16-20-17(21-22(16)11(9)3)24-12(4)15(23)13-5-7-14(18)8-6-13/h5-8,12H,1-4H3. The molecular formula is C17H17ClN4OS. The van der Waals surface area contributed by atoms with Crippen LogP contribution in [0.3, 0.4) is 0 Å². The summed E-state index contributed by atoms with van der Waals surface area (Å²) in [4.78, 5) is 21.4. The largest absolute Gasteiger partial charge is 0.293 e. The Kier molecular flexibility index (Phi) is 4.60. The molecule has 0 amide bonds. The van der Waals surface area contributed by atoms with Crippen LogP contribution in [-0.2, 0) is 0 Å². The molecule has 0 radical (unpaired) electrons. The van der Waals surface area contributed by atoms with E-state index < -0.39 is 0 Å². The lowest BCUT2D eigenvalue weighted by atomic mass is 10.1. The van der Waals surface area contributed by atoms with Crippen LogP contribution in [0.5, 0.6) is 0 Å². The van der Waals surface area contributed by atoms with Gasteiger partial charge in [0.25, 0.3) is 5.78 Å². The number of ketones is 1. The lowest BCUT2D eigenvalue weighted by molar-refractivity contribution is 0.0994. The summed E-state index contributed by atoms with van der Waals surface area (Å²) in [7, 11) is 0. The fourth-order valence-corrected chi connectivity index (χ4v) is 3.30. The maximum Gasteiger partial charge on any atom is 0.253 e. The Balaban J connectivity index is 1.85. The third-order valence-electron chi connectivity index (χ3n) is 4.02. The monoisotopic (exact) mass is 360 g/mol. The summed E-state index contributed by atoms with van der Waals surface area (Å²) < 4.78 is 1.73. The maximum absolute atomic E-state index is 12.5. The van der Waals surface area contributed by atoms with Gasteiger partial charge in [0.15, 0.2) is 5.78 Å². The molecule has 3 aromatic rings. The van der Waals surface area contributed by atoms with Gasteiger partial charge in [-0.3, -0.25) is 4.79 Å². The highest BCUT2D eigenvalue weighted by Crippen LogP contribution is 2.24. The van der Waals surface area contributed by atoms with Gasteiger partial charge in [0.05, 0.1) is 5.25 Å². The summed E-state index contributed by atoms with van der Waals surface area (Å²) >= 11 is 7.20. The minimum atomic E-state index is -0.300. The van der Waals surface area contributed by atoms with E-state index in [1.165, 1.54) is 11.8 Å². The molecule has 1 aromatic carbocycles. The van der Waals surface area contributed by atoms with Gasteiger partial charge in [-0.15, -0.1) is 5.10 Å². The molecule has 0 spiro atoms. The van der Waals surface area contributed by atoms with Crippen molar-refractivity contribution in [3.05, 3.63) is 51.8 Å². The summed E-state index contributed by atoms with van der Waals surface area (Å²) in [5.41, 5.74) is 3.67. The molecule has 0 fully saturated rings. The zero-order valence-electron chi connectivity index (χ0n) is 13.9. The molecule has 0 saturated carbocycles. The molecule has 24 heavy (non-hydrogen) atoms. The van der Waals surface area contributed by atoms with Crippen molar-refractivity contribution in [1.29, 1.82) is 0 Å². The van der Waals surface area contributed by atoms with Gasteiger partial charge in [-0.1, -0.05) is 23.4 Å². The van der Waals surface area contributed by atoms with Gasteiger partial charge in [0.1, 0.15) is 0 Å². The van der Waals surface area contributed by atoms with Crippen LogP contribution in [-0.4, -0.2) is 30.6 Å². The minimum Gasteiger partial charge on any atom is -0.293 e. The van der Waals surface area contributed by atoms with E-state index in [4.69, 9.17) is 11.6 Å². The van der Waals surface area contributed by atoms with Crippen LogP contribution in [0, 0.1) is 20.8 Å². The van der Waals surface area contributed by atoms with E-state index in [-0.39, 0.29) is 11.0 Å². The first kappa shape index (κ1) is 16.9. The lowest BCUT2D eigenvalue weighted by Crippen LogP contribution is -2.13. The van der Waals surface area contributed by atoms with E-state index in [0.717, 1.165) is 17.0 Å². The normalized spacial score (nSPS) is 12.5. The first-order valence-electron chi connectivity index (χ1n) is 7.54. The highest BCUT2D eigenvalue weighted by molar-refractivity contribution is 8.00. The smallest absolute Gasteiger partial charge is 0.253 e. The Morgan fingerprint density at radius 3 is 2.50 bits per heavy atom. The first-order valence-corrected chi connectivity index (χ1v) is 8.79. The summed E-state index contributed by atoms with van der Waals surface area (Å²) in [5, 5.41) is 5.34. The molecule has 124 valence electrons. The van der Waals surface area contributed by atoms with Crippen molar-refractivity contribution in [2.24, 2.45) is 0 Å². The summed E-state index contributed by atoms with van der Waals surface area (Å²) in [6.45, 7) is 7.81. The Morgan fingerprint density at radius 1 is 1.17 bits per heavy atom. The fraction of sp³-hybridized carbons (Fsp3) is 0.294. The van der Waals surface area contributed by atoms with Crippen LogP contribution in [0.2, 0.25) is 5.02 Å². The number of carbonyl (C=O) groups excluding carboxylic acids is 1. The van der Waals surface area contributed by atoms with E-state index >= 15 is 0 Å². The van der Waals surface area contributed by atoms with E-state index in [9.17, 15) is 4.79 Å². The number of benzene rings is 1. The number of rotatable bonds is 4. The molecule has 2 aromatic heterocycles. The zero-order chi connectivity index (χ0) is 17.4. The first-order chi connectivity index (χ1) is 11.4. The van der Waals surface area contributed by atoms with Crippen LogP contribution < -0.4 is 0 Å². The van der Waals surface area contributed by atoms with Crippen molar-refractivity contribution >= 4 is 34.9 Å². The third-order valence-corrected chi connectivity index (χ3v) is 5.22. The SMILES string of the molecule is Cc1nc2nc(SC(C)C(=O)c3ccc(Cl)cc3)nn2c(C)c1C. The molecule has 0 aliphatic rings. The quantitative estimate of drug-likeness (QED) is 0.518. The van der Waals surface area contributed by atoms with Crippen LogP contribution in [0.1, 0.15) is 34.2 Å². The van der Waals surface area contributed by atoms with Gasteiger partial charge in [0.2, 0.25) is 5.16 Å². The predicted octanol–water partition coefficient (Wildman–Crippen LogP) is 4.07. The van der Waals surface area contributed by atoms with E-state index in [2.05, 4.69) is 15.1 Å². The molecule has 0 saturated heterocycles. The molecule has 1 unspecified atom stereocenters. The molecule has 0 bridgehead atoms. The average Bonchev–Trinajstić information content (AvgIpc) is 2.95. The molecule has 2 heterocycles. The molecule has 3 rings (SSSR count). The number of hydrogen-bond acceptors (Lipinski definition) is 5. The van der Waals surface area contributed by atoms with E-state index in [0.29, 0.717) is 21.5 Å².